The molecule has 0 N–H and O–H groups in total. The molecule has 0 aliphatic heterocycles. The Labute approximate surface area is 111 Å². The third-order valence-electron chi connectivity index (χ3n) is 3.04. The van der Waals surface area contributed by atoms with Gasteiger partial charge in [-0.05, 0) is 18.2 Å². The molecule has 1 heterocycles. The van der Waals surface area contributed by atoms with E-state index >= 15 is 0 Å². The second-order valence-corrected chi connectivity index (χ2v) is 4.71. The van der Waals surface area contributed by atoms with Crippen LogP contribution in [0.4, 0.5) is 0 Å². The van der Waals surface area contributed by atoms with E-state index in [1.165, 1.54) is 10.9 Å². The predicted octanol–water partition coefficient (Wildman–Crippen LogP) is 3.83. The SMILES string of the molecule is Clc1cccc2ccc[n+](Cc3ccccc3)c12. The molecule has 0 atom stereocenters. The van der Waals surface area contributed by atoms with E-state index in [0.29, 0.717) is 0 Å². The molecule has 0 unspecified atom stereocenters. The number of nitrogens with zero attached hydrogens (tertiary/aromatic N) is 1. The van der Waals surface area contributed by atoms with Gasteiger partial charge in [0.05, 0.1) is 0 Å². The van der Waals surface area contributed by atoms with E-state index < -0.39 is 0 Å². The fourth-order valence-electron chi connectivity index (χ4n) is 2.21. The predicted molar refractivity (Wildman–Crippen MR) is 74.7 cm³/mol. The Morgan fingerprint density at radius 2 is 1.61 bits per heavy atom. The summed E-state index contributed by atoms with van der Waals surface area (Å²) in [7, 11) is 0. The molecule has 0 fully saturated rings. The molecule has 88 valence electrons. The number of fused-ring (bicyclic) bond motifs is 1. The monoisotopic (exact) mass is 254 g/mol. The van der Waals surface area contributed by atoms with Gasteiger partial charge >= 0.3 is 0 Å². The molecule has 0 saturated heterocycles. The lowest BCUT2D eigenvalue weighted by atomic mass is 10.2. The molecule has 0 amide bonds. The van der Waals surface area contributed by atoms with E-state index in [1.807, 2.05) is 18.2 Å². The molecule has 0 radical (unpaired) electrons. The number of hydrogen-bond acceptors (Lipinski definition) is 0. The maximum atomic E-state index is 6.31. The first kappa shape index (κ1) is 11.2. The van der Waals surface area contributed by atoms with Gasteiger partial charge in [0.25, 0.3) is 0 Å². The van der Waals surface area contributed by atoms with Crippen molar-refractivity contribution in [2.75, 3.05) is 0 Å². The summed E-state index contributed by atoms with van der Waals surface area (Å²) in [6.45, 7) is 0.835. The zero-order valence-corrected chi connectivity index (χ0v) is 10.6. The van der Waals surface area contributed by atoms with E-state index in [9.17, 15) is 0 Å². The van der Waals surface area contributed by atoms with Crippen LogP contribution in [0.5, 0.6) is 0 Å². The van der Waals surface area contributed by atoms with E-state index in [-0.39, 0.29) is 0 Å². The highest BCUT2D eigenvalue weighted by Crippen LogP contribution is 2.19. The van der Waals surface area contributed by atoms with E-state index in [2.05, 4.69) is 53.2 Å². The quantitative estimate of drug-likeness (QED) is 0.612. The smallest absolute Gasteiger partial charge is 0.193 e. The minimum absolute atomic E-state index is 0.795. The van der Waals surface area contributed by atoms with E-state index in [4.69, 9.17) is 11.6 Å². The molecule has 2 aromatic carbocycles. The van der Waals surface area contributed by atoms with Gasteiger partial charge in [0.2, 0.25) is 5.52 Å². The fraction of sp³-hybridized carbons (Fsp3) is 0.0625. The molecule has 0 bridgehead atoms. The van der Waals surface area contributed by atoms with Crippen molar-refractivity contribution >= 4 is 22.5 Å². The Morgan fingerprint density at radius 1 is 0.833 bits per heavy atom. The van der Waals surface area contributed by atoms with Crippen molar-refractivity contribution in [3.05, 3.63) is 77.4 Å². The van der Waals surface area contributed by atoms with Crippen LogP contribution in [0.25, 0.3) is 10.9 Å². The summed E-state index contributed by atoms with van der Waals surface area (Å²) >= 11 is 6.31. The molecule has 0 aliphatic carbocycles. The van der Waals surface area contributed by atoms with Crippen molar-refractivity contribution in [2.45, 2.75) is 6.54 Å². The number of pyridine rings is 1. The number of benzene rings is 2. The lowest BCUT2D eigenvalue weighted by Gasteiger charge is -2.03. The van der Waals surface area contributed by atoms with Crippen LogP contribution in [0.15, 0.2) is 66.9 Å². The van der Waals surface area contributed by atoms with Gasteiger partial charge in [0, 0.05) is 17.0 Å². The van der Waals surface area contributed by atoms with Crippen molar-refractivity contribution in [2.24, 2.45) is 0 Å². The lowest BCUT2D eigenvalue weighted by molar-refractivity contribution is -0.662. The van der Waals surface area contributed by atoms with E-state index in [0.717, 1.165) is 17.1 Å². The van der Waals surface area contributed by atoms with Crippen LogP contribution in [0.3, 0.4) is 0 Å². The normalized spacial score (nSPS) is 10.7. The summed E-state index contributed by atoms with van der Waals surface area (Å²) in [6.07, 6.45) is 2.07. The minimum atomic E-state index is 0.795. The molecule has 1 aromatic heterocycles. The molecule has 1 nitrogen and oxygen atoms in total. The summed E-state index contributed by atoms with van der Waals surface area (Å²) in [4.78, 5) is 0. The molecular formula is C16H13ClN+. The molecule has 3 rings (SSSR count). The van der Waals surface area contributed by atoms with Crippen LogP contribution in [0.1, 0.15) is 5.56 Å². The zero-order chi connectivity index (χ0) is 12.4. The van der Waals surface area contributed by atoms with E-state index in [1.54, 1.807) is 0 Å². The number of rotatable bonds is 2. The Morgan fingerprint density at radius 3 is 2.44 bits per heavy atom. The van der Waals surface area contributed by atoms with Gasteiger partial charge in [-0.25, -0.2) is 0 Å². The van der Waals surface area contributed by atoms with Crippen molar-refractivity contribution in [1.82, 2.24) is 0 Å². The van der Waals surface area contributed by atoms with Gasteiger partial charge in [-0.1, -0.05) is 48.0 Å². The van der Waals surface area contributed by atoms with Gasteiger partial charge in [-0.15, -0.1) is 0 Å². The van der Waals surface area contributed by atoms with Crippen molar-refractivity contribution in [1.29, 1.82) is 0 Å². The summed E-state index contributed by atoms with van der Waals surface area (Å²) < 4.78 is 2.19. The highest BCUT2D eigenvalue weighted by molar-refractivity contribution is 6.34. The third kappa shape index (κ3) is 2.09. The van der Waals surface area contributed by atoms with Crippen LogP contribution in [0, 0.1) is 0 Å². The number of para-hydroxylation sites is 1. The first-order valence-electron chi connectivity index (χ1n) is 5.95. The highest BCUT2D eigenvalue weighted by Gasteiger charge is 2.12. The standard InChI is InChI=1S/C16H13ClN/c17-15-10-4-8-14-9-5-11-18(16(14)15)12-13-6-2-1-3-7-13/h1-11H,12H2/q+1. The van der Waals surface area contributed by atoms with Crippen molar-refractivity contribution < 1.29 is 4.57 Å². The Hall–Kier alpha value is -1.86. The Kier molecular flexibility index (Phi) is 2.99. The van der Waals surface area contributed by atoms with Gasteiger partial charge in [0.1, 0.15) is 5.02 Å². The average Bonchev–Trinajstić information content (AvgIpc) is 2.40. The van der Waals surface area contributed by atoms with Gasteiger partial charge < -0.3 is 0 Å². The molecule has 2 heteroatoms. The van der Waals surface area contributed by atoms with Crippen LogP contribution in [0.2, 0.25) is 5.02 Å². The van der Waals surface area contributed by atoms with Gasteiger partial charge in [-0.2, -0.15) is 4.57 Å². The van der Waals surface area contributed by atoms with Crippen molar-refractivity contribution in [3.63, 3.8) is 0 Å². The third-order valence-corrected chi connectivity index (χ3v) is 3.35. The molecule has 0 saturated carbocycles. The van der Waals surface area contributed by atoms with Crippen LogP contribution in [-0.4, -0.2) is 0 Å². The molecule has 0 spiro atoms. The molecule has 3 aromatic rings. The average molecular weight is 255 g/mol. The lowest BCUT2D eigenvalue weighted by Crippen LogP contribution is -2.34. The van der Waals surface area contributed by atoms with Crippen LogP contribution in [-0.2, 0) is 6.54 Å². The molecular weight excluding hydrogens is 242 g/mol. The summed E-state index contributed by atoms with van der Waals surface area (Å²) in [6, 6.07) is 20.6. The first-order valence-corrected chi connectivity index (χ1v) is 6.33. The zero-order valence-electron chi connectivity index (χ0n) is 9.88. The molecule has 0 aliphatic rings. The topological polar surface area (TPSA) is 3.88 Å². The van der Waals surface area contributed by atoms with Crippen molar-refractivity contribution in [3.8, 4) is 0 Å². The summed E-state index contributed by atoms with van der Waals surface area (Å²) in [5.41, 5.74) is 2.36. The Balaban J connectivity index is 2.12. The first-order chi connectivity index (χ1) is 8.84. The second-order valence-electron chi connectivity index (χ2n) is 4.30. The summed E-state index contributed by atoms with van der Waals surface area (Å²) in [5.74, 6) is 0. The summed E-state index contributed by atoms with van der Waals surface area (Å²) in [5, 5.41) is 1.96. The van der Waals surface area contributed by atoms with Gasteiger partial charge in [0.15, 0.2) is 12.7 Å². The Bertz CT molecular complexity index is 672. The second kappa shape index (κ2) is 4.79. The number of hydrogen-bond donors (Lipinski definition) is 0. The van der Waals surface area contributed by atoms with Crippen LogP contribution >= 0.6 is 11.6 Å². The highest BCUT2D eigenvalue weighted by atomic mass is 35.5. The van der Waals surface area contributed by atoms with Crippen LogP contribution < -0.4 is 4.57 Å². The fourth-order valence-corrected chi connectivity index (χ4v) is 2.50. The minimum Gasteiger partial charge on any atom is -0.193 e. The molecule has 18 heavy (non-hydrogen) atoms. The maximum absolute atomic E-state index is 6.31. The maximum Gasteiger partial charge on any atom is 0.231 e. The number of halogens is 1. The number of aromatic nitrogens is 1. The largest absolute Gasteiger partial charge is 0.231 e. The van der Waals surface area contributed by atoms with Gasteiger partial charge in [-0.3, -0.25) is 0 Å².